The van der Waals surface area contributed by atoms with Crippen molar-refractivity contribution in [2.75, 3.05) is 25.6 Å². The number of hydrogen-bond acceptors (Lipinski definition) is 7. The Bertz CT molecular complexity index is 1640. The highest BCUT2D eigenvalue weighted by molar-refractivity contribution is 9.10. The largest absolute Gasteiger partial charge is 0.493 e. The van der Waals surface area contributed by atoms with Crippen molar-refractivity contribution in [2.24, 2.45) is 5.10 Å². The van der Waals surface area contributed by atoms with Gasteiger partial charge in [0, 0.05) is 11.3 Å². The van der Waals surface area contributed by atoms with E-state index in [9.17, 15) is 9.59 Å². The lowest BCUT2D eigenvalue weighted by molar-refractivity contribution is -0.118. The minimum Gasteiger partial charge on any atom is -0.493 e. The number of hydrazone groups is 1. The second-order valence-corrected chi connectivity index (χ2v) is 10.6. The molecule has 0 saturated carbocycles. The lowest BCUT2D eigenvalue weighted by atomic mass is 10.1. The highest BCUT2D eigenvalue weighted by Crippen LogP contribution is 2.36. The van der Waals surface area contributed by atoms with Crippen LogP contribution >= 0.6 is 15.9 Å². The molecule has 0 bridgehead atoms. The first kappa shape index (κ1) is 32.1. The fraction of sp³-hybridized carbons (Fsp3) is 0.206. The van der Waals surface area contributed by atoms with Crippen LogP contribution in [0.5, 0.6) is 23.0 Å². The van der Waals surface area contributed by atoms with Gasteiger partial charge in [-0.3, -0.25) is 9.59 Å². The lowest BCUT2D eigenvalue weighted by Gasteiger charge is -2.14. The van der Waals surface area contributed by atoms with Crippen molar-refractivity contribution in [1.29, 1.82) is 0 Å². The van der Waals surface area contributed by atoms with Gasteiger partial charge in [-0.05, 0) is 89.8 Å². The monoisotopic (exact) mass is 659 g/mol. The number of aryl methyl sites for hydroxylation is 2. The minimum absolute atomic E-state index is 0.217. The van der Waals surface area contributed by atoms with Crippen LogP contribution in [0.3, 0.4) is 0 Å². The van der Waals surface area contributed by atoms with Gasteiger partial charge in [-0.1, -0.05) is 48.0 Å². The fourth-order valence-corrected chi connectivity index (χ4v) is 4.81. The van der Waals surface area contributed by atoms with E-state index in [2.05, 4.69) is 31.8 Å². The Morgan fingerprint density at radius 1 is 0.886 bits per heavy atom. The number of anilines is 1. The van der Waals surface area contributed by atoms with E-state index in [0.717, 1.165) is 22.4 Å². The number of methoxy groups -OCH3 is 1. The van der Waals surface area contributed by atoms with Crippen LogP contribution in [0.25, 0.3) is 0 Å². The Labute approximate surface area is 265 Å². The lowest BCUT2D eigenvalue weighted by Crippen LogP contribution is -2.21. The first-order valence-electron chi connectivity index (χ1n) is 13.9. The number of carbonyl (C=O) groups excluding carboxylic acids is 2. The summed E-state index contributed by atoms with van der Waals surface area (Å²) < 4.78 is 23.4. The molecule has 0 atom stereocenters. The first-order valence-corrected chi connectivity index (χ1v) is 14.7. The van der Waals surface area contributed by atoms with Crippen LogP contribution in [-0.4, -0.2) is 38.4 Å². The number of carbonyl (C=O) groups is 2. The molecule has 0 aromatic heterocycles. The molecule has 0 unspecified atom stereocenters. The zero-order valence-corrected chi connectivity index (χ0v) is 26.6. The predicted molar refractivity (Wildman–Crippen MR) is 174 cm³/mol. The number of amides is 2. The molecule has 44 heavy (non-hydrogen) atoms. The highest BCUT2D eigenvalue weighted by Gasteiger charge is 2.15. The molecule has 0 radical (unpaired) electrons. The molecule has 4 aromatic carbocycles. The topological polar surface area (TPSA) is 107 Å². The smallest absolute Gasteiger partial charge is 0.271 e. The molecule has 0 fully saturated rings. The summed E-state index contributed by atoms with van der Waals surface area (Å²) in [5, 5.41) is 6.95. The summed E-state index contributed by atoms with van der Waals surface area (Å²) in [7, 11) is 1.50. The average Bonchev–Trinajstić information content (AvgIpc) is 3.01. The maximum absolute atomic E-state index is 12.8. The molecule has 9 nitrogen and oxygen atoms in total. The van der Waals surface area contributed by atoms with Crippen molar-refractivity contribution in [3.05, 3.63) is 111 Å². The van der Waals surface area contributed by atoms with Crippen molar-refractivity contribution in [1.82, 2.24) is 5.43 Å². The van der Waals surface area contributed by atoms with E-state index in [1.807, 2.05) is 69.3 Å². The van der Waals surface area contributed by atoms with Gasteiger partial charge in [0.2, 0.25) is 0 Å². The van der Waals surface area contributed by atoms with Crippen molar-refractivity contribution in [2.45, 2.75) is 27.4 Å². The van der Waals surface area contributed by atoms with Gasteiger partial charge in [-0.15, -0.1) is 0 Å². The minimum atomic E-state index is -0.419. The number of hydrogen-bond donors (Lipinski definition) is 2. The summed E-state index contributed by atoms with van der Waals surface area (Å²) in [6.45, 7) is 6.36. The van der Waals surface area contributed by atoms with Gasteiger partial charge in [0.25, 0.3) is 11.8 Å². The zero-order valence-electron chi connectivity index (χ0n) is 25.0. The molecular formula is C34H34BrN3O6. The fourth-order valence-electron chi connectivity index (χ4n) is 4.23. The van der Waals surface area contributed by atoms with E-state index in [4.69, 9.17) is 18.9 Å². The molecular weight excluding hydrogens is 626 g/mol. The van der Waals surface area contributed by atoms with E-state index < -0.39 is 5.91 Å². The Morgan fingerprint density at radius 2 is 1.68 bits per heavy atom. The Morgan fingerprint density at radius 3 is 2.41 bits per heavy atom. The van der Waals surface area contributed by atoms with Crippen molar-refractivity contribution in [3.63, 3.8) is 0 Å². The summed E-state index contributed by atoms with van der Waals surface area (Å²) in [6, 6.07) is 24.0. The third kappa shape index (κ3) is 8.84. The van der Waals surface area contributed by atoms with Crippen LogP contribution in [-0.2, 0) is 11.4 Å². The molecule has 10 heteroatoms. The van der Waals surface area contributed by atoms with Gasteiger partial charge in [0.15, 0.2) is 29.6 Å². The van der Waals surface area contributed by atoms with E-state index >= 15 is 0 Å². The van der Waals surface area contributed by atoms with Crippen LogP contribution in [0.2, 0.25) is 0 Å². The van der Waals surface area contributed by atoms with E-state index in [1.165, 1.54) is 13.3 Å². The normalized spacial score (nSPS) is 10.8. The second-order valence-electron chi connectivity index (χ2n) is 9.76. The zero-order chi connectivity index (χ0) is 31.5. The van der Waals surface area contributed by atoms with Crippen molar-refractivity contribution < 1.29 is 28.5 Å². The number of rotatable bonds is 13. The van der Waals surface area contributed by atoms with Crippen LogP contribution in [0.15, 0.2) is 88.4 Å². The Hall–Kier alpha value is -4.83. The van der Waals surface area contributed by atoms with Gasteiger partial charge < -0.3 is 24.3 Å². The summed E-state index contributed by atoms with van der Waals surface area (Å²) in [4.78, 5) is 25.4. The second kappa shape index (κ2) is 15.6. The van der Waals surface area contributed by atoms with E-state index in [0.29, 0.717) is 51.8 Å². The average molecular weight is 661 g/mol. The Kier molecular flexibility index (Phi) is 11.4. The number of nitrogens with zero attached hydrogens (tertiary/aromatic N) is 1. The van der Waals surface area contributed by atoms with Crippen LogP contribution in [0.1, 0.15) is 39.5 Å². The molecule has 4 rings (SSSR count). The van der Waals surface area contributed by atoms with Crippen LogP contribution in [0.4, 0.5) is 5.69 Å². The van der Waals surface area contributed by atoms with Crippen molar-refractivity contribution in [3.8, 4) is 23.0 Å². The van der Waals surface area contributed by atoms with Gasteiger partial charge >= 0.3 is 0 Å². The van der Waals surface area contributed by atoms with Crippen LogP contribution < -0.4 is 29.7 Å². The van der Waals surface area contributed by atoms with Crippen LogP contribution in [0, 0.1) is 13.8 Å². The molecule has 4 aromatic rings. The van der Waals surface area contributed by atoms with E-state index in [-0.39, 0.29) is 12.5 Å². The molecule has 0 aliphatic rings. The predicted octanol–water partition coefficient (Wildman–Crippen LogP) is 6.83. The van der Waals surface area contributed by atoms with E-state index in [1.54, 1.807) is 30.3 Å². The molecule has 0 spiro atoms. The molecule has 228 valence electrons. The van der Waals surface area contributed by atoms with Gasteiger partial charge in [0.1, 0.15) is 6.61 Å². The van der Waals surface area contributed by atoms with Gasteiger partial charge in [-0.25, -0.2) is 5.43 Å². The third-order valence-electron chi connectivity index (χ3n) is 6.38. The SMILES string of the molecule is CCOc1cc(C(=O)N/N=C/c2cc(Br)c(OCC(=O)Nc3ccc(C)cc3C)c(OC)c2)ccc1OCc1ccccc1. The summed E-state index contributed by atoms with van der Waals surface area (Å²) in [5.74, 6) is 1.03. The number of nitrogens with one attached hydrogen (secondary N) is 2. The van der Waals surface area contributed by atoms with Gasteiger partial charge in [0.05, 0.1) is 24.4 Å². The Balaban J connectivity index is 1.37. The first-order chi connectivity index (χ1) is 21.3. The number of ether oxygens (including phenoxy) is 4. The number of benzene rings is 4. The third-order valence-corrected chi connectivity index (χ3v) is 6.97. The molecule has 2 N–H and O–H groups in total. The summed E-state index contributed by atoms with van der Waals surface area (Å²) in [6.07, 6.45) is 1.47. The number of halogens is 1. The summed E-state index contributed by atoms with van der Waals surface area (Å²) in [5.41, 5.74) is 7.34. The maximum atomic E-state index is 12.8. The van der Waals surface area contributed by atoms with Crippen molar-refractivity contribution >= 4 is 39.6 Å². The molecule has 0 aliphatic carbocycles. The molecule has 0 aliphatic heterocycles. The molecule has 0 saturated heterocycles. The molecule has 0 heterocycles. The standard InChI is InChI=1S/C34H34BrN3O6/c1-5-42-30-18-26(12-14-29(30)43-20-24-9-7-6-8-10-24)34(40)38-36-19-25-16-27(35)33(31(17-25)41-4)44-21-32(39)37-28-13-11-22(2)15-23(28)3/h6-19H,5,20-21H2,1-4H3,(H,37,39)(H,38,40)/b36-19+. The summed E-state index contributed by atoms with van der Waals surface area (Å²) >= 11 is 3.48. The highest BCUT2D eigenvalue weighted by atomic mass is 79.9. The maximum Gasteiger partial charge on any atom is 0.271 e. The molecule has 2 amide bonds. The van der Waals surface area contributed by atoms with Gasteiger partial charge in [-0.2, -0.15) is 5.10 Å². The quantitative estimate of drug-likeness (QED) is 0.120.